The smallest absolute Gasteiger partial charge is 0.338 e. The highest BCUT2D eigenvalue weighted by molar-refractivity contribution is 5.91. The summed E-state index contributed by atoms with van der Waals surface area (Å²) in [5.74, 6) is -5.18. The molecule has 4 aromatic rings. The SMILES string of the molecule is CC1(C)O[C@H]2[C@@H](O1)[C@@H](CO[C@@H]1O[C@H](COC(=O)c3ccccc3)[C@@H](OC(=O)c3ccccc3)[C@H](OC(=O)c3ccccc3)[C@H]1OC(=O)c1ccccc1)O[C@H]1OC(C)(C)O[C@@H]12. The van der Waals surface area contributed by atoms with E-state index in [1.807, 2.05) is 0 Å². The monoisotopic (exact) mass is 838 g/mol. The summed E-state index contributed by atoms with van der Waals surface area (Å²) in [6.45, 7) is 6.29. The van der Waals surface area contributed by atoms with Crippen molar-refractivity contribution in [3.8, 4) is 0 Å². The van der Waals surface area contributed by atoms with Gasteiger partial charge in [-0.05, 0) is 76.2 Å². The van der Waals surface area contributed by atoms with E-state index in [0.717, 1.165) is 0 Å². The highest BCUT2D eigenvalue weighted by atomic mass is 16.9. The first-order valence-electron chi connectivity index (χ1n) is 20.0. The second-order valence-corrected chi connectivity index (χ2v) is 15.8. The molecule has 0 saturated carbocycles. The van der Waals surface area contributed by atoms with Crippen LogP contribution in [0, 0.1) is 0 Å². The van der Waals surface area contributed by atoms with E-state index in [4.69, 9.17) is 52.1 Å². The van der Waals surface area contributed by atoms with Gasteiger partial charge in [0.25, 0.3) is 0 Å². The molecule has 0 aliphatic carbocycles. The number of carbonyl (C=O) groups excluding carboxylic acids is 4. The lowest BCUT2D eigenvalue weighted by atomic mass is 9.97. The number of ether oxygens (including phenoxy) is 11. The fourth-order valence-corrected chi connectivity index (χ4v) is 7.68. The molecule has 4 saturated heterocycles. The molecule has 15 heteroatoms. The molecule has 4 aliphatic heterocycles. The van der Waals surface area contributed by atoms with Crippen LogP contribution in [-0.4, -0.2) is 110 Å². The van der Waals surface area contributed by atoms with E-state index in [2.05, 4.69) is 0 Å². The van der Waals surface area contributed by atoms with Crippen LogP contribution in [0.1, 0.15) is 69.1 Å². The van der Waals surface area contributed by atoms with E-state index < -0.39 is 103 Å². The van der Waals surface area contributed by atoms with Crippen molar-refractivity contribution < 1.29 is 71.3 Å². The molecule has 0 unspecified atom stereocenters. The number of carbonyl (C=O) groups is 4. The predicted octanol–water partition coefficient (Wildman–Crippen LogP) is 5.66. The van der Waals surface area contributed by atoms with Crippen LogP contribution in [0.2, 0.25) is 0 Å². The molecule has 0 bridgehead atoms. The van der Waals surface area contributed by atoms with E-state index in [1.54, 1.807) is 137 Å². The first-order chi connectivity index (χ1) is 29.3. The minimum atomic E-state index is -1.60. The molecule has 320 valence electrons. The van der Waals surface area contributed by atoms with Crippen molar-refractivity contribution in [1.29, 1.82) is 0 Å². The Labute approximate surface area is 352 Å². The van der Waals surface area contributed by atoms with Crippen LogP contribution in [0.25, 0.3) is 0 Å². The summed E-state index contributed by atoms with van der Waals surface area (Å²) < 4.78 is 68.4. The quantitative estimate of drug-likeness (QED) is 0.126. The van der Waals surface area contributed by atoms with Gasteiger partial charge < -0.3 is 52.1 Å². The summed E-state index contributed by atoms with van der Waals surface area (Å²) in [6.07, 6.45) is -11.3. The minimum Gasteiger partial charge on any atom is -0.459 e. The molecule has 4 fully saturated rings. The second kappa shape index (κ2) is 17.8. The van der Waals surface area contributed by atoms with Crippen molar-refractivity contribution >= 4 is 23.9 Å². The van der Waals surface area contributed by atoms with Crippen LogP contribution in [0.5, 0.6) is 0 Å². The van der Waals surface area contributed by atoms with Gasteiger partial charge in [-0.25, -0.2) is 19.2 Å². The third kappa shape index (κ3) is 9.68. The molecule has 61 heavy (non-hydrogen) atoms. The topological polar surface area (TPSA) is 170 Å². The summed E-state index contributed by atoms with van der Waals surface area (Å²) in [6, 6.07) is 32.6. The first-order valence-corrected chi connectivity index (χ1v) is 20.0. The van der Waals surface area contributed by atoms with Gasteiger partial charge in [0.15, 0.2) is 42.5 Å². The summed E-state index contributed by atoms with van der Waals surface area (Å²) in [7, 11) is 0. The summed E-state index contributed by atoms with van der Waals surface area (Å²) in [4.78, 5) is 55.1. The zero-order valence-electron chi connectivity index (χ0n) is 33.9. The van der Waals surface area contributed by atoms with E-state index in [1.165, 1.54) is 12.1 Å². The molecule has 15 nitrogen and oxygen atoms in total. The van der Waals surface area contributed by atoms with Crippen molar-refractivity contribution in [2.45, 2.75) is 101 Å². The maximum absolute atomic E-state index is 14.0. The van der Waals surface area contributed by atoms with E-state index in [0.29, 0.717) is 0 Å². The Morgan fingerprint density at radius 3 is 1.41 bits per heavy atom. The van der Waals surface area contributed by atoms with Gasteiger partial charge in [0.05, 0.1) is 28.9 Å². The molecule has 0 spiro atoms. The maximum atomic E-state index is 14.0. The Morgan fingerprint density at radius 2 is 0.885 bits per heavy atom. The summed E-state index contributed by atoms with van der Waals surface area (Å²) in [5, 5.41) is 0. The molecule has 0 amide bonds. The Morgan fingerprint density at radius 1 is 0.459 bits per heavy atom. The van der Waals surface area contributed by atoms with Crippen LogP contribution in [0.4, 0.5) is 0 Å². The normalized spacial score (nSPS) is 29.6. The standard InChI is InChI=1S/C46H46O15/c1-45(2)58-34-32(54-44-38(36(34)59-45)60-46(3,4)61-44)26-52-43-37(57-42(50)30-23-15-8-16-24-30)35(56-41(49)29-21-13-7-14-22-29)33(55-40(48)28-19-11-6-12-20-28)31(53-43)25-51-39(47)27-17-9-5-10-18-27/h5-24,31-38,43-44H,25-26H2,1-4H3/t31-,32-,33-,34+,35+,36+,37-,38-,43-,44+/m1/s1. The lowest BCUT2D eigenvalue weighted by Gasteiger charge is -2.45. The highest BCUT2D eigenvalue weighted by Gasteiger charge is 2.61. The zero-order valence-corrected chi connectivity index (χ0v) is 33.9. The first kappa shape index (κ1) is 42.2. The number of hydrogen-bond donors (Lipinski definition) is 0. The van der Waals surface area contributed by atoms with Crippen molar-refractivity contribution in [2.75, 3.05) is 13.2 Å². The van der Waals surface area contributed by atoms with Gasteiger partial charge >= 0.3 is 23.9 Å². The molecule has 10 atom stereocenters. The number of hydrogen-bond acceptors (Lipinski definition) is 15. The van der Waals surface area contributed by atoms with Gasteiger partial charge in [0, 0.05) is 0 Å². The molecule has 4 heterocycles. The molecule has 8 rings (SSSR count). The van der Waals surface area contributed by atoms with Gasteiger partial charge in [0.1, 0.15) is 37.1 Å². The van der Waals surface area contributed by atoms with Crippen molar-refractivity contribution in [3.63, 3.8) is 0 Å². The average molecular weight is 839 g/mol. The largest absolute Gasteiger partial charge is 0.459 e. The van der Waals surface area contributed by atoms with E-state index in [-0.39, 0.29) is 28.9 Å². The third-order valence-corrected chi connectivity index (χ3v) is 10.4. The second-order valence-electron chi connectivity index (χ2n) is 15.8. The fourth-order valence-electron chi connectivity index (χ4n) is 7.68. The number of benzene rings is 4. The van der Waals surface area contributed by atoms with Gasteiger partial charge in [-0.15, -0.1) is 0 Å². The molecular formula is C46H46O15. The Bertz CT molecular complexity index is 2150. The van der Waals surface area contributed by atoms with Crippen molar-refractivity contribution in [3.05, 3.63) is 144 Å². The summed E-state index contributed by atoms with van der Waals surface area (Å²) >= 11 is 0. The lowest BCUT2D eigenvalue weighted by Crippen LogP contribution is -2.64. The van der Waals surface area contributed by atoms with Crippen LogP contribution in [0.15, 0.2) is 121 Å². The Balaban J connectivity index is 1.16. The van der Waals surface area contributed by atoms with Crippen molar-refractivity contribution in [1.82, 2.24) is 0 Å². The Kier molecular flexibility index (Phi) is 12.3. The number of rotatable bonds is 12. The highest BCUT2D eigenvalue weighted by Crippen LogP contribution is 2.44. The molecule has 4 aliphatic rings. The van der Waals surface area contributed by atoms with E-state index in [9.17, 15) is 19.2 Å². The Hall–Kier alpha value is -5.52. The molecule has 0 radical (unpaired) electrons. The van der Waals surface area contributed by atoms with E-state index >= 15 is 0 Å². The van der Waals surface area contributed by atoms with Crippen LogP contribution >= 0.6 is 0 Å². The van der Waals surface area contributed by atoms with Gasteiger partial charge in [-0.3, -0.25) is 0 Å². The van der Waals surface area contributed by atoms with Crippen LogP contribution < -0.4 is 0 Å². The van der Waals surface area contributed by atoms with Gasteiger partial charge in [-0.2, -0.15) is 0 Å². The van der Waals surface area contributed by atoms with Crippen molar-refractivity contribution in [2.24, 2.45) is 0 Å². The third-order valence-electron chi connectivity index (χ3n) is 10.4. The van der Waals surface area contributed by atoms with Crippen LogP contribution in [0.3, 0.4) is 0 Å². The maximum Gasteiger partial charge on any atom is 0.338 e. The fraction of sp³-hybridized carbons (Fsp3) is 0.391. The van der Waals surface area contributed by atoms with Crippen LogP contribution in [-0.2, 0) is 52.1 Å². The summed E-state index contributed by atoms with van der Waals surface area (Å²) in [5.41, 5.74) is 0.724. The number of fused-ring (bicyclic) bond motifs is 3. The minimum absolute atomic E-state index is 0.152. The molecule has 0 N–H and O–H groups in total. The molecule has 4 aromatic carbocycles. The van der Waals surface area contributed by atoms with Gasteiger partial charge in [-0.1, -0.05) is 72.8 Å². The predicted molar refractivity (Wildman–Crippen MR) is 211 cm³/mol. The molecular weight excluding hydrogens is 792 g/mol. The van der Waals surface area contributed by atoms with Gasteiger partial charge in [0.2, 0.25) is 0 Å². The average Bonchev–Trinajstić information content (AvgIpc) is 3.78. The zero-order chi connectivity index (χ0) is 42.7. The lowest BCUT2D eigenvalue weighted by molar-refractivity contribution is -0.313. The number of esters is 4. The molecule has 0 aromatic heterocycles.